The third kappa shape index (κ3) is 2.41. The Kier molecular flexibility index (Phi) is 3.11. The van der Waals surface area contributed by atoms with Crippen LogP contribution >= 0.6 is 0 Å². The number of rotatable bonds is 2. The van der Waals surface area contributed by atoms with Crippen molar-refractivity contribution in [2.24, 2.45) is 5.92 Å². The lowest BCUT2D eigenvalue weighted by Crippen LogP contribution is -2.44. The molecule has 5 heteroatoms. The number of hydrogen-bond donors (Lipinski definition) is 2. The average Bonchev–Trinajstić information content (AvgIpc) is 2.83. The fraction of sp³-hybridized carbons (Fsp3) is 0.429. The van der Waals surface area contributed by atoms with Crippen LogP contribution in [-0.4, -0.2) is 25.0 Å². The van der Waals surface area contributed by atoms with Crippen molar-refractivity contribution in [3.8, 4) is 5.75 Å². The Bertz CT molecular complexity index is 505. The Labute approximate surface area is 111 Å². The summed E-state index contributed by atoms with van der Waals surface area (Å²) in [6, 6.07) is 7.65. The number of fused-ring (bicyclic) bond motifs is 1. The number of para-hydroxylation sites is 1. The second kappa shape index (κ2) is 4.91. The quantitative estimate of drug-likeness (QED) is 0.825. The van der Waals surface area contributed by atoms with Crippen LogP contribution in [0.3, 0.4) is 0 Å². The maximum Gasteiger partial charge on any atom is 0.225 e. The second-order valence-corrected chi connectivity index (χ2v) is 4.95. The van der Waals surface area contributed by atoms with Crippen molar-refractivity contribution in [3.63, 3.8) is 0 Å². The lowest BCUT2D eigenvalue weighted by molar-refractivity contribution is -0.129. The molecule has 2 atom stereocenters. The molecular formula is C14H16N2O3. The van der Waals surface area contributed by atoms with Crippen molar-refractivity contribution in [1.29, 1.82) is 0 Å². The maximum absolute atomic E-state index is 12.2. The van der Waals surface area contributed by atoms with Crippen LogP contribution in [0.2, 0.25) is 0 Å². The summed E-state index contributed by atoms with van der Waals surface area (Å²) in [5.41, 5.74) is 1.02. The number of benzene rings is 1. The molecular weight excluding hydrogens is 244 g/mol. The van der Waals surface area contributed by atoms with Crippen LogP contribution in [0.1, 0.15) is 24.4 Å². The molecule has 0 radical (unpaired) electrons. The Morgan fingerprint density at radius 3 is 3.00 bits per heavy atom. The van der Waals surface area contributed by atoms with Crippen LogP contribution in [0, 0.1) is 5.92 Å². The summed E-state index contributed by atoms with van der Waals surface area (Å²) in [6.07, 6.45) is 1.04. The van der Waals surface area contributed by atoms with E-state index in [4.69, 9.17) is 4.74 Å². The summed E-state index contributed by atoms with van der Waals surface area (Å²) in [4.78, 5) is 23.2. The molecule has 2 aliphatic rings. The van der Waals surface area contributed by atoms with Crippen LogP contribution in [0.5, 0.6) is 5.75 Å². The first kappa shape index (κ1) is 12.0. The van der Waals surface area contributed by atoms with Crippen molar-refractivity contribution >= 4 is 11.8 Å². The lowest BCUT2D eigenvalue weighted by Gasteiger charge is -2.23. The van der Waals surface area contributed by atoms with E-state index in [1.165, 1.54) is 0 Å². The molecule has 0 aliphatic carbocycles. The average molecular weight is 260 g/mol. The van der Waals surface area contributed by atoms with Gasteiger partial charge in [0.05, 0.1) is 12.0 Å². The van der Waals surface area contributed by atoms with Gasteiger partial charge in [0.1, 0.15) is 12.4 Å². The van der Waals surface area contributed by atoms with Crippen molar-refractivity contribution in [2.75, 3.05) is 13.2 Å². The number of carbonyl (C=O) groups is 2. The Balaban J connectivity index is 1.63. The van der Waals surface area contributed by atoms with Crippen LogP contribution in [0.15, 0.2) is 24.3 Å². The fourth-order valence-corrected chi connectivity index (χ4v) is 2.53. The highest BCUT2D eigenvalue weighted by atomic mass is 16.5. The van der Waals surface area contributed by atoms with Gasteiger partial charge in [0, 0.05) is 18.5 Å². The second-order valence-electron chi connectivity index (χ2n) is 4.95. The van der Waals surface area contributed by atoms with Crippen LogP contribution in [0.25, 0.3) is 0 Å². The van der Waals surface area contributed by atoms with E-state index < -0.39 is 0 Å². The molecule has 100 valence electrons. The monoisotopic (exact) mass is 260 g/mol. The van der Waals surface area contributed by atoms with Crippen molar-refractivity contribution in [3.05, 3.63) is 29.8 Å². The Morgan fingerprint density at radius 2 is 2.21 bits per heavy atom. The Hall–Kier alpha value is -2.04. The molecule has 0 aromatic heterocycles. The van der Waals surface area contributed by atoms with E-state index >= 15 is 0 Å². The fourth-order valence-electron chi connectivity index (χ4n) is 2.53. The highest BCUT2D eigenvalue weighted by Gasteiger charge is 2.29. The van der Waals surface area contributed by atoms with Gasteiger partial charge < -0.3 is 15.4 Å². The molecule has 19 heavy (non-hydrogen) atoms. The molecule has 1 fully saturated rings. The van der Waals surface area contributed by atoms with E-state index in [0.717, 1.165) is 11.3 Å². The van der Waals surface area contributed by atoms with Gasteiger partial charge >= 0.3 is 0 Å². The molecule has 2 heterocycles. The molecule has 0 bridgehead atoms. The van der Waals surface area contributed by atoms with Crippen LogP contribution < -0.4 is 15.4 Å². The summed E-state index contributed by atoms with van der Waals surface area (Å²) in [6.45, 7) is 0.907. The molecule has 3 rings (SSSR count). The first-order valence-corrected chi connectivity index (χ1v) is 6.53. The van der Waals surface area contributed by atoms with Gasteiger partial charge in [-0.05, 0) is 12.5 Å². The van der Waals surface area contributed by atoms with Crippen LogP contribution in [0.4, 0.5) is 0 Å². The van der Waals surface area contributed by atoms with Gasteiger partial charge in [-0.1, -0.05) is 18.2 Å². The van der Waals surface area contributed by atoms with E-state index in [0.29, 0.717) is 26.0 Å². The number of carbonyl (C=O) groups excluding carboxylic acids is 2. The van der Waals surface area contributed by atoms with Gasteiger partial charge in [-0.2, -0.15) is 0 Å². The Morgan fingerprint density at radius 1 is 1.37 bits per heavy atom. The van der Waals surface area contributed by atoms with E-state index in [1.807, 2.05) is 24.3 Å². The van der Waals surface area contributed by atoms with Gasteiger partial charge in [0.2, 0.25) is 11.8 Å². The predicted molar refractivity (Wildman–Crippen MR) is 68.6 cm³/mol. The van der Waals surface area contributed by atoms with Crippen molar-refractivity contribution in [1.82, 2.24) is 10.6 Å². The molecule has 2 unspecified atom stereocenters. The first-order valence-electron chi connectivity index (χ1n) is 6.53. The molecule has 0 saturated carbocycles. The SMILES string of the molecule is O=C1CCC(C(=O)NC2COc3ccccc32)CN1. The van der Waals surface area contributed by atoms with E-state index in [2.05, 4.69) is 10.6 Å². The number of hydrogen-bond acceptors (Lipinski definition) is 3. The van der Waals surface area contributed by atoms with Gasteiger partial charge in [-0.25, -0.2) is 0 Å². The first-order chi connectivity index (χ1) is 9.24. The molecule has 5 nitrogen and oxygen atoms in total. The van der Waals surface area contributed by atoms with E-state index in [1.54, 1.807) is 0 Å². The minimum absolute atomic E-state index is 0.00898. The van der Waals surface area contributed by atoms with E-state index in [-0.39, 0.29) is 23.8 Å². The normalized spacial score (nSPS) is 25.2. The topological polar surface area (TPSA) is 67.4 Å². The third-order valence-electron chi connectivity index (χ3n) is 3.65. The largest absolute Gasteiger partial charge is 0.491 e. The number of piperidine rings is 1. The lowest BCUT2D eigenvalue weighted by atomic mass is 9.97. The van der Waals surface area contributed by atoms with Gasteiger partial charge in [-0.15, -0.1) is 0 Å². The van der Waals surface area contributed by atoms with Crippen molar-refractivity contribution < 1.29 is 14.3 Å². The zero-order valence-electron chi connectivity index (χ0n) is 10.5. The minimum atomic E-state index is -0.134. The third-order valence-corrected chi connectivity index (χ3v) is 3.65. The number of ether oxygens (including phenoxy) is 1. The van der Waals surface area contributed by atoms with Crippen molar-refractivity contribution in [2.45, 2.75) is 18.9 Å². The molecule has 1 aromatic rings. The number of nitrogens with one attached hydrogen (secondary N) is 2. The highest BCUT2D eigenvalue weighted by molar-refractivity contribution is 5.84. The smallest absolute Gasteiger partial charge is 0.225 e. The molecule has 1 saturated heterocycles. The minimum Gasteiger partial charge on any atom is -0.491 e. The van der Waals surface area contributed by atoms with Gasteiger partial charge in [0.15, 0.2) is 0 Å². The molecule has 2 aliphatic heterocycles. The summed E-state index contributed by atoms with van der Waals surface area (Å²) in [5.74, 6) is 0.721. The van der Waals surface area contributed by atoms with Gasteiger partial charge in [0.25, 0.3) is 0 Å². The molecule has 0 spiro atoms. The summed E-state index contributed by atoms with van der Waals surface area (Å²) < 4.78 is 5.53. The summed E-state index contributed by atoms with van der Waals surface area (Å²) >= 11 is 0. The zero-order valence-corrected chi connectivity index (χ0v) is 10.5. The summed E-state index contributed by atoms with van der Waals surface area (Å²) in [7, 11) is 0. The zero-order chi connectivity index (χ0) is 13.2. The number of amides is 2. The maximum atomic E-state index is 12.2. The highest BCUT2D eigenvalue weighted by Crippen LogP contribution is 2.31. The van der Waals surface area contributed by atoms with E-state index in [9.17, 15) is 9.59 Å². The van der Waals surface area contributed by atoms with Crippen LogP contribution in [-0.2, 0) is 9.59 Å². The molecule has 1 aromatic carbocycles. The predicted octanol–water partition coefficient (Wildman–Crippen LogP) is 0.762. The standard InChI is InChI=1S/C14H16N2O3/c17-13-6-5-9(7-15-13)14(18)16-11-8-19-12-4-2-1-3-10(11)12/h1-4,9,11H,5-8H2,(H,15,17)(H,16,18). The van der Waals surface area contributed by atoms with Gasteiger partial charge in [-0.3, -0.25) is 9.59 Å². The molecule has 2 N–H and O–H groups in total. The summed E-state index contributed by atoms with van der Waals surface area (Å²) in [5, 5.41) is 5.73. The molecule has 2 amide bonds.